The first-order valence-corrected chi connectivity index (χ1v) is 12.9. The molecule has 2 N–H and O–H groups in total. The van der Waals surface area contributed by atoms with Crippen molar-refractivity contribution in [2.24, 2.45) is 0 Å². The van der Waals surface area contributed by atoms with Crippen molar-refractivity contribution in [1.29, 1.82) is 0 Å². The molecule has 0 saturated heterocycles. The number of aromatic hydroxyl groups is 1. The van der Waals surface area contributed by atoms with E-state index in [0.717, 1.165) is 24.8 Å². The van der Waals surface area contributed by atoms with Crippen LogP contribution in [0.15, 0.2) is 47.4 Å². The Balaban J connectivity index is 1.83. The van der Waals surface area contributed by atoms with Crippen LogP contribution in [-0.2, 0) is 16.5 Å². The van der Waals surface area contributed by atoms with E-state index < -0.39 is 10.1 Å². The highest BCUT2D eigenvalue weighted by Gasteiger charge is 2.17. The maximum atomic E-state index is 11.6. The molecule has 2 rings (SSSR count). The maximum absolute atomic E-state index is 11.6. The summed E-state index contributed by atoms with van der Waals surface area (Å²) < 4.78 is 38.5. The Morgan fingerprint density at radius 1 is 0.774 bits per heavy atom. The Morgan fingerprint density at radius 2 is 1.35 bits per heavy atom. The second-order valence-electron chi connectivity index (χ2n) is 8.10. The van der Waals surface area contributed by atoms with Crippen molar-refractivity contribution in [3.05, 3.63) is 48.0 Å². The molecule has 0 aliphatic heterocycles. The van der Waals surface area contributed by atoms with Crippen LogP contribution in [-0.4, -0.2) is 18.1 Å². The minimum atomic E-state index is -4.39. The van der Waals surface area contributed by atoms with Crippen LogP contribution in [0.4, 0.5) is 0 Å². The fourth-order valence-electron chi connectivity index (χ4n) is 3.71. The quantitative estimate of drug-likeness (QED) is 0.221. The molecule has 0 radical (unpaired) electrons. The first-order chi connectivity index (χ1) is 14.9. The van der Waals surface area contributed by atoms with Crippen LogP contribution in [0.1, 0.15) is 83.1 Å². The van der Waals surface area contributed by atoms with E-state index in [2.05, 4.69) is 6.92 Å². The van der Waals surface area contributed by atoms with Gasteiger partial charge in [-0.2, -0.15) is 8.42 Å². The largest absolute Gasteiger partial charge is 0.508 e. The normalized spacial score (nSPS) is 11.5. The van der Waals surface area contributed by atoms with E-state index in [1.165, 1.54) is 82.1 Å². The number of hydrogen-bond acceptors (Lipinski definition) is 4. The summed E-state index contributed by atoms with van der Waals surface area (Å²) in [4.78, 5) is -0.274. The number of aryl methyl sites for hydroxylation is 1. The third-order valence-corrected chi connectivity index (χ3v) is 6.33. The number of phenolic OH excluding ortho intramolecular Hbond substituents is 1. The SMILES string of the molecule is CCCCCCCCCCCCCc1cc(O)ccc1Oc1ccccc1S(=O)(=O)O. The molecule has 0 bridgehead atoms. The summed E-state index contributed by atoms with van der Waals surface area (Å²) in [6.07, 6.45) is 14.6. The van der Waals surface area contributed by atoms with Gasteiger partial charge < -0.3 is 9.84 Å². The molecular weight excluding hydrogens is 412 g/mol. The second kappa shape index (κ2) is 13.4. The Morgan fingerprint density at radius 3 is 1.97 bits per heavy atom. The van der Waals surface area contributed by atoms with E-state index in [4.69, 9.17) is 4.74 Å². The minimum Gasteiger partial charge on any atom is -0.508 e. The van der Waals surface area contributed by atoms with Crippen LogP contribution in [0.5, 0.6) is 17.2 Å². The second-order valence-corrected chi connectivity index (χ2v) is 9.49. The van der Waals surface area contributed by atoms with Crippen LogP contribution in [0, 0.1) is 0 Å². The summed E-state index contributed by atoms with van der Waals surface area (Å²) in [5, 5.41) is 9.87. The molecule has 6 heteroatoms. The predicted molar refractivity (Wildman–Crippen MR) is 125 cm³/mol. The van der Waals surface area contributed by atoms with Crippen molar-refractivity contribution in [3.8, 4) is 17.2 Å². The Hall–Kier alpha value is -2.05. The molecule has 2 aromatic carbocycles. The van der Waals surface area contributed by atoms with Crippen LogP contribution >= 0.6 is 0 Å². The molecule has 0 unspecified atom stereocenters. The first kappa shape index (κ1) is 25.2. The van der Waals surface area contributed by atoms with Crippen LogP contribution in [0.2, 0.25) is 0 Å². The molecule has 5 nitrogen and oxygen atoms in total. The molecule has 0 aromatic heterocycles. The average Bonchev–Trinajstić information content (AvgIpc) is 2.73. The van der Waals surface area contributed by atoms with Gasteiger partial charge in [0.05, 0.1) is 0 Å². The number of para-hydroxylation sites is 1. The van der Waals surface area contributed by atoms with Crippen molar-refractivity contribution >= 4 is 10.1 Å². The van der Waals surface area contributed by atoms with Gasteiger partial charge in [0, 0.05) is 0 Å². The molecule has 0 aliphatic rings. The fraction of sp³-hybridized carbons (Fsp3) is 0.520. The number of rotatable bonds is 15. The summed E-state index contributed by atoms with van der Waals surface area (Å²) in [6.45, 7) is 2.24. The number of unbranched alkanes of at least 4 members (excludes halogenated alkanes) is 10. The minimum absolute atomic E-state index is 0.0656. The first-order valence-electron chi connectivity index (χ1n) is 11.5. The van der Waals surface area contributed by atoms with Crippen molar-refractivity contribution in [2.75, 3.05) is 0 Å². The Kier molecular flexibility index (Phi) is 10.9. The predicted octanol–water partition coefficient (Wildman–Crippen LogP) is 7.28. The van der Waals surface area contributed by atoms with E-state index in [0.29, 0.717) is 5.75 Å². The van der Waals surface area contributed by atoms with Crippen molar-refractivity contribution in [1.82, 2.24) is 0 Å². The molecule has 0 heterocycles. The molecule has 0 aliphatic carbocycles. The van der Waals surface area contributed by atoms with Gasteiger partial charge in [0.2, 0.25) is 0 Å². The number of benzene rings is 2. The topological polar surface area (TPSA) is 83.8 Å². The third-order valence-electron chi connectivity index (χ3n) is 5.44. The highest BCUT2D eigenvalue weighted by molar-refractivity contribution is 7.86. The number of hydrogen-bond donors (Lipinski definition) is 2. The van der Waals surface area contributed by atoms with Crippen molar-refractivity contribution < 1.29 is 22.8 Å². The van der Waals surface area contributed by atoms with E-state index in [9.17, 15) is 18.1 Å². The lowest BCUT2D eigenvalue weighted by Gasteiger charge is -2.13. The molecule has 172 valence electrons. The molecule has 0 amide bonds. The van der Waals surface area contributed by atoms with E-state index in [1.807, 2.05) is 0 Å². The highest BCUT2D eigenvalue weighted by atomic mass is 32.2. The van der Waals surface area contributed by atoms with Gasteiger partial charge in [0.25, 0.3) is 10.1 Å². The molecule has 0 fully saturated rings. The zero-order chi connectivity index (χ0) is 22.5. The van der Waals surface area contributed by atoms with Crippen LogP contribution in [0.25, 0.3) is 0 Å². The van der Waals surface area contributed by atoms with Gasteiger partial charge in [-0.3, -0.25) is 4.55 Å². The van der Waals surface area contributed by atoms with Crippen LogP contribution < -0.4 is 4.74 Å². The van der Waals surface area contributed by atoms with Gasteiger partial charge in [-0.1, -0.05) is 83.3 Å². The van der Waals surface area contributed by atoms with Gasteiger partial charge in [0.1, 0.15) is 22.1 Å². The van der Waals surface area contributed by atoms with Gasteiger partial charge in [-0.15, -0.1) is 0 Å². The molecular formula is C25H36O5S. The standard InChI is InChI=1S/C25H36O5S/c1-2-3-4-5-6-7-8-9-10-11-12-15-21-20-22(26)18-19-23(21)30-24-16-13-14-17-25(24)31(27,28)29/h13-14,16-20,26H,2-12,15H2,1H3,(H,27,28,29). The van der Waals surface area contributed by atoms with Crippen molar-refractivity contribution in [3.63, 3.8) is 0 Å². The lowest BCUT2D eigenvalue weighted by atomic mass is 10.0. The Labute approximate surface area is 187 Å². The van der Waals surface area contributed by atoms with E-state index >= 15 is 0 Å². The summed E-state index contributed by atoms with van der Waals surface area (Å²) in [5.41, 5.74) is 0.820. The summed E-state index contributed by atoms with van der Waals surface area (Å²) in [5.74, 6) is 0.699. The third kappa shape index (κ3) is 9.32. The molecule has 0 atom stereocenters. The maximum Gasteiger partial charge on any atom is 0.298 e. The number of ether oxygens (including phenoxy) is 1. The monoisotopic (exact) mass is 448 g/mol. The lowest BCUT2D eigenvalue weighted by Crippen LogP contribution is -2.01. The summed E-state index contributed by atoms with van der Waals surface area (Å²) in [7, 11) is -4.39. The van der Waals surface area contributed by atoms with Gasteiger partial charge in [0.15, 0.2) is 0 Å². The zero-order valence-corrected chi connectivity index (χ0v) is 19.4. The number of phenols is 1. The molecule has 31 heavy (non-hydrogen) atoms. The van der Waals surface area contributed by atoms with Gasteiger partial charge in [-0.25, -0.2) is 0 Å². The summed E-state index contributed by atoms with van der Waals surface area (Å²) >= 11 is 0. The van der Waals surface area contributed by atoms with Crippen LogP contribution in [0.3, 0.4) is 0 Å². The van der Waals surface area contributed by atoms with E-state index in [1.54, 1.807) is 18.2 Å². The molecule has 2 aromatic rings. The fourth-order valence-corrected chi connectivity index (χ4v) is 4.32. The summed E-state index contributed by atoms with van der Waals surface area (Å²) in [6, 6.07) is 10.8. The average molecular weight is 449 g/mol. The zero-order valence-electron chi connectivity index (χ0n) is 18.6. The smallest absolute Gasteiger partial charge is 0.298 e. The van der Waals surface area contributed by atoms with Gasteiger partial charge >= 0.3 is 0 Å². The van der Waals surface area contributed by atoms with E-state index in [-0.39, 0.29) is 16.4 Å². The highest BCUT2D eigenvalue weighted by Crippen LogP contribution is 2.33. The molecule has 0 spiro atoms. The van der Waals surface area contributed by atoms with Crippen molar-refractivity contribution in [2.45, 2.75) is 88.9 Å². The lowest BCUT2D eigenvalue weighted by molar-refractivity contribution is 0.440. The molecule has 0 saturated carbocycles. The Bertz CT molecular complexity index is 893. The van der Waals surface area contributed by atoms with Gasteiger partial charge in [-0.05, 0) is 48.7 Å².